The van der Waals surface area contributed by atoms with Gasteiger partial charge in [0.05, 0.1) is 32.7 Å². The lowest BCUT2D eigenvalue weighted by molar-refractivity contribution is -0.121. The third-order valence-electron chi connectivity index (χ3n) is 6.63. The molecule has 1 aliphatic heterocycles. The van der Waals surface area contributed by atoms with Crippen molar-refractivity contribution in [2.45, 2.75) is 18.9 Å². The monoisotopic (exact) mass is 548 g/mol. The summed E-state index contributed by atoms with van der Waals surface area (Å²) in [5.41, 5.74) is 1.80. The van der Waals surface area contributed by atoms with E-state index in [0.717, 1.165) is 16.1 Å². The van der Waals surface area contributed by atoms with Gasteiger partial charge >= 0.3 is 0 Å². The Kier molecular flexibility index (Phi) is 6.90. The summed E-state index contributed by atoms with van der Waals surface area (Å²) >= 11 is 13.0. The number of nitrogens with zero attached hydrogens (tertiary/aromatic N) is 2. The first-order valence-corrected chi connectivity index (χ1v) is 13.6. The van der Waals surface area contributed by atoms with E-state index >= 15 is 0 Å². The standard InChI is InChI=1S/C26H26Cl2N2O5S/c1-26(20-13-18(8-10-22(20)28)29(2)36(5,32)33)21-12-17(27)7-11-23(21)30(25(26)31)15-16-6-9-19(34-3)14-24(16)35-4/h6-14H,15H2,1-5H3. The minimum absolute atomic E-state index is 0.223. The number of benzene rings is 3. The number of halogens is 2. The van der Waals surface area contributed by atoms with Crippen LogP contribution in [0.15, 0.2) is 54.6 Å². The quantitative estimate of drug-likeness (QED) is 0.402. The molecule has 10 heteroatoms. The molecule has 0 bridgehead atoms. The SMILES string of the molecule is COc1ccc(CN2C(=O)C(C)(c3cc(N(C)S(C)(=O)=O)ccc3Cl)c3cc(Cl)ccc32)c(OC)c1. The molecule has 1 aliphatic rings. The first-order valence-electron chi connectivity index (χ1n) is 11.0. The Hall–Kier alpha value is -2.94. The highest BCUT2D eigenvalue weighted by atomic mass is 35.5. The minimum Gasteiger partial charge on any atom is -0.497 e. The molecule has 0 N–H and O–H groups in total. The number of ether oxygens (including phenoxy) is 2. The molecule has 1 heterocycles. The highest BCUT2D eigenvalue weighted by molar-refractivity contribution is 7.92. The molecule has 0 radical (unpaired) electrons. The van der Waals surface area contributed by atoms with Gasteiger partial charge in [0.25, 0.3) is 0 Å². The van der Waals surface area contributed by atoms with Crippen molar-refractivity contribution in [3.05, 3.63) is 81.3 Å². The maximum Gasteiger partial charge on any atom is 0.242 e. The van der Waals surface area contributed by atoms with Crippen molar-refractivity contribution in [3.63, 3.8) is 0 Å². The Morgan fingerprint density at radius 1 is 0.972 bits per heavy atom. The van der Waals surface area contributed by atoms with Crippen LogP contribution < -0.4 is 18.7 Å². The van der Waals surface area contributed by atoms with E-state index < -0.39 is 15.4 Å². The van der Waals surface area contributed by atoms with Crippen molar-refractivity contribution in [1.29, 1.82) is 0 Å². The van der Waals surface area contributed by atoms with Gasteiger partial charge in [-0.05, 0) is 66.6 Å². The molecular weight excluding hydrogens is 523 g/mol. The molecule has 3 aromatic rings. The lowest BCUT2D eigenvalue weighted by Gasteiger charge is -2.28. The Balaban J connectivity index is 1.87. The van der Waals surface area contributed by atoms with Crippen molar-refractivity contribution in [2.75, 3.05) is 36.7 Å². The van der Waals surface area contributed by atoms with Gasteiger partial charge in [0.2, 0.25) is 15.9 Å². The van der Waals surface area contributed by atoms with Gasteiger partial charge < -0.3 is 14.4 Å². The summed E-state index contributed by atoms with van der Waals surface area (Å²) in [6.45, 7) is 2.01. The predicted octanol–water partition coefficient (Wildman–Crippen LogP) is 5.26. The number of rotatable bonds is 7. The number of amides is 1. The van der Waals surface area contributed by atoms with Crippen LogP contribution in [0.25, 0.3) is 0 Å². The molecule has 1 amide bonds. The number of hydrogen-bond acceptors (Lipinski definition) is 5. The number of anilines is 2. The Morgan fingerprint density at radius 2 is 1.69 bits per heavy atom. The highest BCUT2D eigenvalue weighted by Crippen LogP contribution is 2.50. The third kappa shape index (κ3) is 4.38. The zero-order valence-electron chi connectivity index (χ0n) is 20.5. The summed E-state index contributed by atoms with van der Waals surface area (Å²) in [7, 11) is 1.06. The number of fused-ring (bicyclic) bond motifs is 1. The molecule has 0 fully saturated rings. The summed E-state index contributed by atoms with van der Waals surface area (Å²) in [6.07, 6.45) is 1.11. The molecule has 36 heavy (non-hydrogen) atoms. The summed E-state index contributed by atoms with van der Waals surface area (Å²) in [5.74, 6) is 0.999. The van der Waals surface area contributed by atoms with Crippen LogP contribution in [0.1, 0.15) is 23.6 Å². The van der Waals surface area contributed by atoms with Crippen LogP contribution in [-0.2, 0) is 26.8 Å². The van der Waals surface area contributed by atoms with Crippen LogP contribution in [0.3, 0.4) is 0 Å². The van der Waals surface area contributed by atoms with Crippen molar-refractivity contribution in [1.82, 2.24) is 0 Å². The fourth-order valence-corrected chi connectivity index (χ4v) is 5.47. The van der Waals surface area contributed by atoms with Crippen LogP contribution >= 0.6 is 23.2 Å². The predicted molar refractivity (Wildman–Crippen MR) is 143 cm³/mol. The van der Waals surface area contributed by atoms with Gasteiger partial charge in [0.1, 0.15) is 16.9 Å². The number of methoxy groups -OCH3 is 2. The number of hydrogen-bond donors (Lipinski definition) is 0. The molecule has 0 aliphatic carbocycles. The summed E-state index contributed by atoms with van der Waals surface area (Å²) in [4.78, 5) is 15.8. The first-order chi connectivity index (χ1) is 16.9. The lowest BCUT2D eigenvalue weighted by atomic mass is 9.77. The van der Waals surface area contributed by atoms with Gasteiger partial charge in [-0.3, -0.25) is 9.10 Å². The zero-order chi connectivity index (χ0) is 26.4. The van der Waals surface area contributed by atoms with E-state index in [4.69, 9.17) is 32.7 Å². The van der Waals surface area contributed by atoms with E-state index in [9.17, 15) is 13.2 Å². The Morgan fingerprint density at radius 3 is 2.33 bits per heavy atom. The number of carbonyl (C=O) groups is 1. The molecule has 7 nitrogen and oxygen atoms in total. The van der Waals surface area contributed by atoms with Gasteiger partial charge in [0.15, 0.2) is 0 Å². The van der Waals surface area contributed by atoms with Gasteiger partial charge in [-0.25, -0.2) is 8.42 Å². The molecular formula is C26H26Cl2N2O5S. The summed E-state index contributed by atoms with van der Waals surface area (Å²) in [5, 5.41) is 0.809. The average Bonchev–Trinajstić information content (AvgIpc) is 3.05. The van der Waals surface area contributed by atoms with E-state index in [0.29, 0.717) is 44.0 Å². The van der Waals surface area contributed by atoms with Crippen LogP contribution in [-0.4, -0.2) is 41.8 Å². The number of sulfonamides is 1. The Labute approximate surface area is 221 Å². The maximum absolute atomic E-state index is 14.2. The summed E-state index contributed by atoms with van der Waals surface area (Å²) < 4.78 is 36.3. The van der Waals surface area contributed by atoms with Gasteiger partial charge in [-0.15, -0.1) is 0 Å². The first kappa shape index (κ1) is 26.1. The van der Waals surface area contributed by atoms with Gasteiger partial charge in [-0.1, -0.05) is 23.2 Å². The van der Waals surface area contributed by atoms with Crippen LogP contribution in [0.4, 0.5) is 11.4 Å². The fraction of sp³-hybridized carbons (Fsp3) is 0.269. The third-order valence-corrected chi connectivity index (χ3v) is 8.40. The second-order valence-electron chi connectivity index (χ2n) is 8.75. The summed E-state index contributed by atoms with van der Waals surface area (Å²) in [6, 6.07) is 15.6. The van der Waals surface area contributed by atoms with Crippen LogP contribution in [0, 0.1) is 0 Å². The second-order valence-corrected chi connectivity index (χ2v) is 11.6. The maximum atomic E-state index is 14.2. The van der Waals surface area contributed by atoms with Crippen LogP contribution in [0.5, 0.6) is 11.5 Å². The molecule has 0 spiro atoms. The Bertz CT molecular complexity index is 1460. The molecule has 1 unspecified atom stereocenters. The van der Waals surface area contributed by atoms with E-state index in [-0.39, 0.29) is 12.5 Å². The molecule has 0 saturated carbocycles. The minimum atomic E-state index is -3.52. The molecule has 4 rings (SSSR count). The largest absolute Gasteiger partial charge is 0.497 e. The van der Waals surface area contributed by atoms with E-state index in [1.54, 1.807) is 68.5 Å². The van der Waals surface area contributed by atoms with Crippen LogP contribution in [0.2, 0.25) is 10.0 Å². The molecule has 0 aromatic heterocycles. The highest BCUT2D eigenvalue weighted by Gasteiger charge is 2.50. The van der Waals surface area contributed by atoms with Gasteiger partial charge in [0, 0.05) is 34.4 Å². The van der Waals surface area contributed by atoms with E-state index in [1.165, 1.54) is 7.05 Å². The normalized spacial score (nSPS) is 17.2. The molecule has 1 atom stereocenters. The van der Waals surface area contributed by atoms with Crippen molar-refractivity contribution >= 4 is 50.5 Å². The van der Waals surface area contributed by atoms with Crippen molar-refractivity contribution in [2.24, 2.45) is 0 Å². The molecule has 0 saturated heterocycles. The lowest BCUT2D eigenvalue weighted by Crippen LogP contribution is -2.39. The van der Waals surface area contributed by atoms with E-state index in [2.05, 4.69) is 0 Å². The average molecular weight is 549 g/mol. The van der Waals surface area contributed by atoms with Gasteiger partial charge in [-0.2, -0.15) is 0 Å². The second kappa shape index (κ2) is 9.50. The molecule has 190 valence electrons. The zero-order valence-corrected chi connectivity index (χ0v) is 22.8. The molecule has 3 aromatic carbocycles. The van der Waals surface area contributed by atoms with Crippen molar-refractivity contribution < 1.29 is 22.7 Å². The number of carbonyl (C=O) groups excluding carboxylic acids is 1. The smallest absolute Gasteiger partial charge is 0.242 e. The topological polar surface area (TPSA) is 76.2 Å². The van der Waals surface area contributed by atoms with E-state index in [1.807, 2.05) is 12.1 Å². The fourth-order valence-electron chi connectivity index (χ4n) is 4.49. The van der Waals surface area contributed by atoms with Crippen molar-refractivity contribution in [3.8, 4) is 11.5 Å².